The fraction of sp³-hybridized carbons (Fsp3) is 0.385. The number of carbonyl (C=O) groups excluding carboxylic acids is 2. The van der Waals surface area contributed by atoms with Crippen molar-refractivity contribution in [3.05, 3.63) is 33.8 Å². The topological polar surface area (TPSA) is 75.4 Å². The lowest BCUT2D eigenvalue weighted by atomic mass is 10.1. The molecular weight excluding hydrogens is 301 g/mol. The van der Waals surface area contributed by atoms with Crippen molar-refractivity contribution >= 4 is 35.1 Å². The van der Waals surface area contributed by atoms with Crippen molar-refractivity contribution in [2.24, 2.45) is 5.73 Å². The second-order valence-electron chi connectivity index (χ2n) is 4.73. The van der Waals surface area contributed by atoms with Gasteiger partial charge in [-0.25, -0.2) is 4.79 Å². The average molecular weight is 316 g/mol. The van der Waals surface area contributed by atoms with E-state index in [0.29, 0.717) is 35.1 Å². The van der Waals surface area contributed by atoms with E-state index >= 15 is 0 Å². The molecule has 108 valence electrons. The third kappa shape index (κ3) is 3.55. The maximum absolute atomic E-state index is 12.0. The summed E-state index contributed by atoms with van der Waals surface area (Å²) in [7, 11) is 0. The molecule has 1 aliphatic heterocycles. The van der Waals surface area contributed by atoms with Gasteiger partial charge in [-0.1, -0.05) is 35.3 Å². The van der Waals surface area contributed by atoms with Gasteiger partial charge >= 0.3 is 6.03 Å². The number of urea groups is 1. The van der Waals surface area contributed by atoms with Crippen LogP contribution in [0.25, 0.3) is 0 Å². The van der Waals surface area contributed by atoms with Crippen LogP contribution in [0, 0.1) is 0 Å². The van der Waals surface area contributed by atoms with Crippen LogP contribution in [0.1, 0.15) is 12.0 Å². The number of likely N-dealkylation sites (tertiary alicyclic amines) is 1. The van der Waals surface area contributed by atoms with Crippen molar-refractivity contribution < 1.29 is 9.59 Å². The molecule has 0 radical (unpaired) electrons. The number of nitrogens with zero attached hydrogens (tertiary/aromatic N) is 1. The summed E-state index contributed by atoms with van der Waals surface area (Å²) < 4.78 is 0. The molecule has 1 heterocycles. The molecule has 0 spiro atoms. The first-order valence-electron chi connectivity index (χ1n) is 6.24. The zero-order valence-corrected chi connectivity index (χ0v) is 12.2. The van der Waals surface area contributed by atoms with Crippen molar-refractivity contribution in [2.75, 3.05) is 13.1 Å². The van der Waals surface area contributed by atoms with Crippen LogP contribution >= 0.6 is 23.2 Å². The van der Waals surface area contributed by atoms with E-state index in [1.165, 1.54) is 4.90 Å². The van der Waals surface area contributed by atoms with Gasteiger partial charge in [0.25, 0.3) is 0 Å². The predicted octanol–water partition coefficient (Wildman–Crippen LogP) is 1.81. The Morgan fingerprint density at radius 1 is 1.40 bits per heavy atom. The third-order valence-electron chi connectivity index (χ3n) is 3.25. The number of nitrogens with one attached hydrogen (secondary N) is 1. The number of nitrogens with two attached hydrogens (primary N) is 1. The summed E-state index contributed by atoms with van der Waals surface area (Å²) in [5.74, 6) is -0.148. The molecule has 1 fully saturated rings. The quantitative estimate of drug-likeness (QED) is 0.892. The molecule has 0 aromatic heterocycles. The fourth-order valence-electron chi connectivity index (χ4n) is 2.21. The van der Waals surface area contributed by atoms with Crippen LogP contribution in [-0.2, 0) is 11.2 Å². The first-order valence-corrected chi connectivity index (χ1v) is 6.99. The average Bonchev–Trinajstić information content (AvgIpc) is 2.83. The third-order valence-corrected chi connectivity index (χ3v) is 4.11. The molecule has 0 saturated carbocycles. The minimum atomic E-state index is -0.459. The highest BCUT2D eigenvalue weighted by molar-refractivity contribution is 6.42. The molecule has 1 aliphatic rings. The lowest BCUT2D eigenvalue weighted by molar-refractivity contribution is -0.121. The van der Waals surface area contributed by atoms with Crippen molar-refractivity contribution in [3.8, 4) is 0 Å². The summed E-state index contributed by atoms with van der Waals surface area (Å²) in [5.41, 5.74) is 5.87. The van der Waals surface area contributed by atoms with Crippen molar-refractivity contribution in [3.63, 3.8) is 0 Å². The Kier molecular flexibility index (Phi) is 4.73. The van der Waals surface area contributed by atoms with E-state index in [2.05, 4.69) is 5.32 Å². The standard InChI is InChI=1S/C13H15Cl2N3O2/c14-10-3-1-2-8(12(10)15)6-11(19)17-9-4-5-18(7-9)13(16)20/h1-3,9H,4-7H2,(H2,16,20)(H,17,19). The largest absolute Gasteiger partial charge is 0.351 e. The molecule has 1 aromatic carbocycles. The van der Waals surface area contributed by atoms with Gasteiger partial charge in [0.1, 0.15) is 0 Å². The van der Waals surface area contributed by atoms with E-state index in [0.717, 1.165) is 0 Å². The van der Waals surface area contributed by atoms with Gasteiger partial charge in [-0.15, -0.1) is 0 Å². The summed E-state index contributed by atoms with van der Waals surface area (Å²) in [4.78, 5) is 24.5. The molecule has 0 aliphatic carbocycles. The second kappa shape index (κ2) is 6.33. The molecular formula is C13H15Cl2N3O2. The summed E-state index contributed by atoms with van der Waals surface area (Å²) in [5, 5.41) is 3.69. The van der Waals surface area contributed by atoms with Crippen LogP contribution in [0.5, 0.6) is 0 Å². The van der Waals surface area contributed by atoms with Crippen LogP contribution in [0.15, 0.2) is 18.2 Å². The maximum Gasteiger partial charge on any atom is 0.314 e. The zero-order chi connectivity index (χ0) is 14.7. The molecule has 1 aromatic rings. The number of hydrogen-bond acceptors (Lipinski definition) is 2. The smallest absolute Gasteiger partial charge is 0.314 e. The molecule has 1 unspecified atom stereocenters. The SMILES string of the molecule is NC(=O)N1CCC(NC(=O)Cc2cccc(Cl)c2Cl)C1. The Bertz CT molecular complexity index is 536. The first kappa shape index (κ1) is 14.9. The van der Waals surface area contributed by atoms with Gasteiger partial charge in [0.2, 0.25) is 5.91 Å². The molecule has 2 rings (SSSR count). The first-order chi connectivity index (χ1) is 9.47. The van der Waals surface area contributed by atoms with Crippen molar-refractivity contribution in [1.29, 1.82) is 0 Å². The summed E-state index contributed by atoms with van der Waals surface area (Å²) in [6, 6.07) is 4.67. The van der Waals surface area contributed by atoms with E-state index in [1.54, 1.807) is 18.2 Å². The molecule has 1 atom stereocenters. The monoisotopic (exact) mass is 315 g/mol. The number of rotatable bonds is 3. The van der Waals surface area contributed by atoms with Gasteiger partial charge in [-0.3, -0.25) is 4.79 Å². The normalized spacial score (nSPS) is 18.1. The van der Waals surface area contributed by atoms with E-state index in [1.807, 2.05) is 0 Å². The summed E-state index contributed by atoms with van der Waals surface area (Å²) in [6.45, 7) is 1.02. The van der Waals surface area contributed by atoms with Gasteiger partial charge in [-0.2, -0.15) is 0 Å². The van der Waals surface area contributed by atoms with E-state index < -0.39 is 6.03 Å². The number of hydrogen-bond donors (Lipinski definition) is 2. The molecule has 5 nitrogen and oxygen atoms in total. The van der Waals surface area contributed by atoms with E-state index in [9.17, 15) is 9.59 Å². The Morgan fingerprint density at radius 2 is 2.15 bits per heavy atom. The minimum absolute atomic E-state index is 0.0621. The Hall–Kier alpha value is -1.46. The van der Waals surface area contributed by atoms with Gasteiger partial charge in [0.05, 0.1) is 16.5 Å². The van der Waals surface area contributed by atoms with Crippen molar-refractivity contribution in [1.82, 2.24) is 10.2 Å². The Balaban J connectivity index is 1.90. The lowest BCUT2D eigenvalue weighted by Crippen LogP contribution is -2.40. The minimum Gasteiger partial charge on any atom is -0.351 e. The summed E-state index contributed by atoms with van der Waals surface area (Å²) in [6.07, 6.45) is 0.865. The number of primary amides is 1. The zero-order valence-electron chi connectivity index (χ0n) is 10.7. The molecule has 0 bridgehead atoms. The maximum atomic E-state index is 12.0. The molecule has 7 heteroatoms. The van der Waals surface area contributed by atoms with Crippen molar-refractivity contribution in [2.45, 2.75) is 18.9 Å². The molecule has 1 saturated heterocycles. The highest BCUT2D eigenvalue weighted by Crippen LogP contribution is 2.25. The van der Waals surface area contributed by atoms with Crippen LogP contribution < -0.4 is 11.1 Å². The van der Waals surface area contributed by atoms with Gasteiger partial charge in [0.15, 0.2) is 0 Å². The number of carbonyl (C=O) groups is 2. The van der Waals surface area contributed by atoms with Crippen LogP contribution in [-0.4, -0.2) is 36.0 Å². The number of halogens is 2. The van der Waals surface area contributed by atoms with Gasteiger partial charge < -0.3 is 16.0 Å². The fourth-order valence-corrected chi connectivity index (χ4v) is 2.60. The van der Waals surface area contributed by atoms with Crippen LogP contribution in [0.2, 0.25) is 10.0 Å². The molecule has 3 amide bonds. The Morgan fingerprint density at radius 3 is 2.80 bits per heavy atom. The highest BCUT2D eigenvalue weighted by atomic mass is 35.5. The van der Waals surface area contributed by atoms with Gasteiger partial charge in [-0.05, 0) is 18.1 Å². The lowest BCUT2D eigenvalue weighted by Gasteiger charge is -2.15. The van der Waals surface area contributed by atoms with Crippen LogP contribution in [0.3, 0.4) is 0 Å². The second-order valence-corrected chi connectivity index (χ2v) is 5.51. The van der Waals surface area contributed by atoms with Crippen LogP contribution in [0.4, 0.5) is 4.79 Å². The van der Waals surface area contributed by atoms with E-state index in [-0.39, 0.29) is 18.4 Å². The number of amides is 3. The van der Waals surface area contributed by atoms with Gasteiger partial charge in [0, 0.05) is 19.1 Å². The summed E-state index contributed by atoms with van der Waals surface area (Å²) >= 11 is 11.9. The van der Waals surface area contributed by atoms with E-state index in [4.69, 9.17) is 28.9 Å². The number of benzene rings is 1. The Labute approximate surface area is 127 Å². The molecule has 3 N–H and O–H groups in total. The highest BCUT2D eigenvalue weighted by Gasteiger charge is 2.26. The molecule has 20 heavy (non-hydrogen) atoms. The predicted molar refractivity (Wildman–Crippen MR) is 77.9 cm³/mol.